The molecular formula is C44H90K3O5P. The van der Waals surface area contributed by atoms with E-state index in [0.29, 0.717) is 0 Å². The minimum atomic E-state index is -5.39. The van der Waals surface area contributed by atoms with Crippen molar-refractivity contribution < 1.29 is 178 Å². The van der Waals surface area contributed by atoms with E-state index in [-0.39, 0.29) is 154 Å². The van der Waals surface area contributed by atoms with E-state index in [4.69, 9.17) is 24.0 Å². The van der Waals surface area contributed by atoms with Crippen LogP contribution >= 0.6 is 7.82 Å². The van der Waals surface area contributed by atoms with Crippen molar-refractivity contribution in [3.63, 3.8) is 0 Å². The van der Waals surface area contributed by atoms with E-state index in [1.807, 2.05) is 0 Å². The van der Waals surface area contributed by atoms with Crippen molar-refractivity contribution in [1.82, 2.24) is 0 Å². The first kappa shape index (κ1) is 67.1. The van der Waals surface area contributed by atoms with Gasteiger partial charge in [0.1, 0.15) is 0 Å². The Balaban J connectivity index is -0.000000893. The molecule has 0 saturated carbocycles. The van der Waals surface area contributed by atoms with Crippen molar-refractivity contribution in [2.45, 2.75) is 271 Å². The monoisotopic (exact) mass is 847 g/mol. The van der Waals surface area contributed by atoms with Gasteiger partial charge in [-0.1, -0.05) is 258 Å². The molecule has 0 aromatic rings. The third-order valence-corrected chi connectivity index (χ3v) is 10.3. The van der Waals surface area contributed by atoms with Crippen LogP contribution in [0.4, 0.5) is 0 Å². The first-order chi connectivity index (χ1) is 24.4. The molecule has 0 rings (SSSR count). The Morgan fingerprint density at radius 2 is 0.396 bits per heavy atom. The van der Waals surface area contributed by atoms with E-state index in [1.54, 1.807) is 0 Å². The molecule has 53 heavy (non-hydrogen) atoms. The van der Waals surface area contributed by atoms with Crippen LogP contribution in [-0.4, -0.2) is 13.2 Å². The van der Waals surface area contributed by atoms with Crippen molar-refractivity contribution >= 4 is 7.82 Å². The molecule has 0 atom stereocenters. The van der Waals surface area contributed by atoms with E-state index >= 15 is 0 Å². The zero-order valence-electron chi connectivity index (χ0n) is 37.2. The molecule has 0 aliphatic heterocycles. The largest absolute Gasteiger partial charge is 1.00 e. The standard InChI is InChI=1S/C44H90O.3K.H3O4P/c1-3-5-7-9-11-13-15-17-19-21-23-25-27-29-31-33-35-37-39-41-43-45-44-42-40-38-36-34-32-30-28-26-24-22-20-18-16-14-12-10-8-6-4-2;;;;1-5(2,3)4/h3-44H2,1-2H3;;;;(H3,1,2,3,4)/q;3*+1;/p-3. The molecule has 0 amide bonds. The van der Waals surface area contributed by atoms with E-state index in [1.165, 1.54) is 257 Å². The Hall–Kier alpha value is 4.98. The first-order valence-electron chi connectivity index (χ1n) is 22.7. The van der Waals surface area contributed by atoms with Gasteiger partial charge in [0, 0.05) is 13.2 Å². The molecule has 0 saturated heterocycles. The molecule has 0 aromatic carbocycles. The van der Waals surface area contributed by atoms with Gasteiger partial charge in [0.25, 0.3) is 0 Å². The summed E-state index contributed by atoms with van der Waals surface area (Å²) >= 11 is 0. The van der Waals surface area contributed by atoms with Crippen LogP contribution < -0.4 is 169 Å². The molecule has 5 nitrogen and oxygen atoms in total. The first-order valence-corrected chi connectivity index (χ1v) is 24.2. The van der Waals surface area contributed by atoms with Crippen LogP contribution in [0.2, 0.25) is 0 Å². The zero-order chi connectivity index (χ0) is 36.9. The molecule has 0 N–H and O–H groups in total. The van der Waals surface area contributed by atoms with Crippen molar-refractivity contribution in [3.05, 3.63) is 0 Å². The molecule has 0 aliphatic rings. The second-order valence-corrected chi connectivity index (χ2v) is 16.4. The van der Waals surface area contributed by atoms with E-state index in [0.717, 1.165) is 13.2 Å². The van der Waals surface area contributed by atoms with Crippen LogP contribution in [0.5, 0.6) is 0 Å². The van der Waals surface area contributed by atoms with Crippen molar-refractivity contribution in [3.8, 4) is 0 Å². The van der Waals surface area contributed by atoms with Crippen molar-refractivity contribution in [1.29, 1.82) is 0 Å². The van der Waals surface area contributed by atoms with Gasteiger partial charge in [-0.15, -0.1) is 0 Å². The van der Waals surface area contributed by atoms with Gasteiger partial charge in [0.15, 0.2) is 0 Å². The Bertz CT molecular complexity index is 592. The zero-order valence-corrected chi connectivity index (χ0v) is 47.5. The molecule has 0 heterocycles. The second-order valence-electron chi connectivity index (χ2n) is 15.5. The van der Waals surface area contributed by atoms with E-state index < -0.39 is 7.82 Å². The molecular weight excluding hydrogens is 757 g/mol. The number of rotatable bonds is 42. The van der Waals surface area contributed by atoms with Crippen LogP contribution in [0.15, 0.2) is 0 Å². The SMILES string of the molecule is CCCCCCCCCCCCCCCCCCCCCCOCCCCCCCCCCCCCCCCCCCCCC.O=P([O-])([O-])[O-].[K+].[K+].[K+]. The fourth-order valence-corrected chi connectivity index (χ4v) is 7.02. The number of phosphoric acid groups is 1. The summed E-state index contributed by atoms with van der Waals surface area (Å²) in [5.74, 6) is 0. The molecule has 0 radical (unpaired) electrons. The number of ether oxygens (including phenoxy) is 1. The topological polar surface area (TPSA) is 95.5 Å². The van der Waals surface area contributed by atoms with Gasteiger partial charge in [0.2, 0.25) is 0 Å². The summed E-state index contributed by atoms with van der Waals surface area (Å²) in [4.78, 5) is 25.6. The third kappa shape index (κ3) is 78.0. The van der Waals surface area contributed by atoms with Gasteiger partial charge in [-0.3, -0.25) is 0 Å². The predicted octanol–water partition coefficient (Wildman–Crippen LogP) is 4.83. The van der Waals surface area contributed by atoms with Crippen molar-refractivity contribution in [2.24, 2.45) is 0 Å². The maximum absolute atomic E-state index is 8.55. The minimum Gasteiger partial charge on any atom is -0.822 e. The second kappa shape index (κ2) is 61.3. The summed E-state index contributed by atoms with van der Waals surface area (Å²) in [5, 5.41) is 0. The van der Waals surface area contributed by atoms with Gasteiger partial charge in [-0.2, -0.15) is 7.82 Å². The summed E-state index contributed by atoms with van der Waals surface area (Å²) in [6, 6.07) is 0. The summed E-state index contributed by atoms with van der Waals surface area (Å²) in [5.41, 5.74) is 0. The normalized spacial score (nSPS) is 11.0. The van der Waals surface area contributed by atoms with E-state index in [2.05, 4.69) is 13.8 Å². The van der Waals surface area contributed by atoms with Crippen LogP contribution in [0.1, 0.15) is 271 Å². The summed E-state index contributed by atoms with van der Waals surface area (Å²) in [7, 11) is -5.39. The fraction of sp³-hybridized carbons (Fsp3) is 1.00. The van der Waals surface area contributed by atoms with Gasteiger partial charge >= 0.3 is 154 Å². The third-order valence-electron chi connectivity index (χ3n) is 10.3. The van der Waals surface area contributed by atoms with Crippen LogP contribution in [-0.2, 0) is 9.30 Å². The molecule has 0 spiro atoms. The summed E-state index contributed by atoms with van der Waals surface area (Å²) < 4.78 is 14.5. The number of hydrogen-bond acceptors (Lipinski definition) is 5. The van der Waals surface area contributed by atoms with Gasteiger partial charge < -0.3 is 24.0 Å². The Morgan fingerprint density at radius 1 is 0.283 bits per heavy atom. The molecule has 0 fully saturated rings. The summed E-state index contributed by atoms with van der Waals surface area (Å²) in [6.07, 6.45) is 58.0. The fourth-order valence-electron chi connectivity index (χ4n) is 7.02. The Kier molecular flexibility index (Phi) is 77.5. The number of hydrogen-bond donors (Lipinski definition) is 0. The van der Waals surface area contributed by atoms with Crippen LogP contribution in [0.3, 0.4) is 0 Å². The predicted molar refractivity (Wildman–Crippen MR) is 214 cm³/mol. The average Bonchev–Trinajstić information content (AvgIpc) is 3.08. The van der Waals surface area contributed by atoms with Gasteiger partial charge in [-0.25, -0.2) is 0 Å². The minimum absolute atomic E-state index is 0. The Labute approximate surface area is 461 Å². The quantitative estimate of drug-likeness (QED) is 0.0499. The molecule has 0 aliphatic carbocycles. The maximum Gasteiger partial charge on any atom is 1.00 e. The van der Waals surface area contributed by atoms with E-state index in [9.17, 15) is 0 Å². The molecule has 0 unspecified atom stereocenters. The van der Waals surface area contributed by atoms with Crippen molar-refractivity contribution in [2.75, 3.05) is 13.2 Å². The smallest absolute Gasteiger partial charge is 0.822 e. The molecule has 9 heteroatoms. The maximum atomic E-state index is 8.55. The molecule has 0 bridgehead atoms. The average molecular weight is 847 g/mol. The summed E-state index contributed by atoms with van der Waals surface area (Å²) in [6.45, 7) is 6.61. The van der Waals surface area contributed by atoms with Gasteiger partial charge in [0.05, 0.1) is 0 Å². The Morgan fingerprint density at radius 3 is 0.528 bits per heavy atom. The molecule has 0 aromatic heterocycles. The number of unbranched alkanes of at least 4 members (excludes halogenated alkanes) is 38. The van der Waals surface area contributed by atoms with Gasteiger partial charge in [-0.05, 0) is 12.8 Å². The molecule has 304 valence electrons. The van der Waals surface area contributed by atoms with Crippen LogP contribution in [0, 0.1) is 0 Å². The van der Waals surface area contributed by atoms with Crippen LogP contribution in [0.25, 0.3) is 0 Å².